The average molecular weight is 538 g/mol. The van der Waals surface area contributed by atoms with E-state index in [1.54, 1.807) is 0 Å². The molecule has 2 aliphatic rings. The van der Waals surface area contributed by atoms with E-state index in [1.807, 2.05) is 0 Å². The van der Waals surface area contributed by atoms with E-state index < -0.39 is 0 Å². The van der Waals surface area contributed by atoms with Crippen LogP contribution < -0.4 is 5.32 Å². The maximum absolute atomic E-state index is 5.33. The SMILES string of the molecule is c1ccc(-c2ccc3c(c2)NC2C([N-]3)c3cccc4c5c6c7ccccc7n(-c7ccccc7)c6ccc5n2c34)cc1. The Bertz CT molecular complexity index is 2360. The number of anilines is 1. The van der Waals surface area contributed by atoms with Crippen LogP contribution in [-0.4, -0.2) is 9.13 Å². The number of fused-ring (bicyclic) bond motifs is 11. The molecule has 2 atom stereocenters. The zero-order valence-electron chi connectivity index (χ0n) is 22.7. The number of aromatic nitrogens is 2. The van der Waals surface area contributed by atoms with Crippen LogP contribution in [0.3, 0.4) is 0 Å². The van der Waals surface area contributed by atoms with Gasteiger partial charge in [0.05, 0.1) is 28.2 Å². The van der Waals surface area contributed by atoms with Gasteiger partial charge in [0.15, 0.2) is 0 Å². The van der Waals surface area contributed by atoms with E-state index >= 15 is 0 Å². The first kappa shape index (κ1) is 22.2. The summed E-state index contributed by atoms with van der Waals surface area (Å²) in [6.07, 6.45) is 0.0147. The molecular formula is C38H25N4-. The Morgan fingerprint density at radius 3 is 2.19 bits per heavy atom. The van der Waals surface area contributed by atoms with Gasteiger partial charge in [-0.05, 0) is 59.1 Å². The van der Waals surface area contributed by atoms with Gasteiger partial charge in [0.1, 0.15) is 0 Å². The molecule has 4 heterocycles. The largest absolute Gasteiger partial charge is 0.673 e. The Morgan fingerprint density at radius 1 is 0.571 bits per heavy atom. The lowest BCUT2D eigenvalue weighted by Crippen LogP contribution is -2.23. The quantitative estimate of drug-likeness (QED) is 0.234. The van der Waals surface area contributed by atoms with Gasteiger partial charge < -0.3 is 19.8 Å². The second-order valence-electron chi connectivity index (χ2n) is 11.4. The second kappa shape index (κ2) is 8.05. The molecule has 0 amide bonds. The zero-order chi connectivity index (χ0) is 27.4. The molecule has 0 fully saturated rings. The fourth-order valence-electron chi connectivity index (χ4n) is 7.54. The highest BCUT2D eigenvalue weighted by atomic mass is 15.3. The van der Waals surface area contributed by atoms with Crippen LogP contribution in [0.2, 0.25) is 0 Å². The molecule has 4 heteroatoms. The van der Waals surface area contributed by atoms with Gasteiger partial charge in [-0.2, -0.15) is 0 Å². The molecule has 0 saturated heterocycles. The Balaban J connectivity index is 1.23. The van der Waals surface area contributed by atoms with Gasteiger partial charge in [0.25, 0.3) is 0 Å². The molecule has 0 saturated carbocycles. The van der Waals surface area contributed by atoms with E-state index in [0.29, 0.717) is 0 Å². The van der Waals surface area contributed by atoms with Crippen LogP contribution in [0.4, 0.5) is 11.4 Å². The molecular weight excluding hydrogens is 512 g/mol. The van der Waals surface area contributed by atoms with Gasteiger partial charge in [0, 0.05) is 32.9 Å². The van der Waals surface area contributed by atoms with Crippen molar-refractivity contribution in [3.8, 4) is 16.8 Å². The topological polar surface area (TPSA) is 36.0 Å². The summed E-state index contributed by atoms with van der Waals surface area (Å²) in [4.78, 5) is 0. The summed E-state index contributed by atoms with van der Waals surface area (Å²) in [5.74, 6) is 0. The highest BCUT2D eigenvalue weighted by Gasteiger charge is 2.34. The van der Waals surface area contributed by atoms with Gasteiger partial charge in [0.2, 0.25) is 0 Å². The van der Waals surface area contributed by atoms with E-state index in [1.165, 1.54) is 66.0 Å². The number of hydrogen-bond donors (Lipinski definition) is 1. The molecule has 42 heavy (non-hydrogen) atoms. The number of benzene rings is 6. The molecule has 6 aromatic carbocycles. The summed E-state index contributed by atoms with van der Waals surface area (Å²) in [6, 6.07) is 48.1. The maximum Gasteiger partial charge on any atom is 0.0945 e. The molecule has 2 aliphatic heterocycles. The fraction of sp³-hybridized carbons (Fsp3) is 0.0526. The van der Waals surface area contributed by atoms with Crippen LogP contribution in [0.15, 0.2) is 133 Å². The van der Waals surface area contributed by atoms with Crippen molar-refractivity contribution < 1.29 is 0 Å². The number of nitrogens with one attached hydrogen (secondary N) is 1. The molecule has 0 radical (unpaired) electrons. The smallest absolute Gasteiger partial charge is 0.0945 e. The van der Waals surface area contributed by atoms with Crippen LogP contribution in [0.5, 0.6) is 0 Å². The molecule has 4 nitrogen and oxygen atoms in total. The van der Waals surface area contributed by atoms with Crippen LogP contribution >= 0.6 is 0 Å². The van der Waals surface area contributed by atoms with Crippen LogP contribution in [0.25, 0.3) is 65.7 Å². The molecule has 10 rings (SSSR count). The van der Waals surface area contributed by atoms with Crippen molar-refractivity contribution in [1.29, 1.82) is 0 Å². The first-order valence-electron chi connectivity index (χ1n) is 14.6. The summed E-state index contributed by atoms with van der Waals surface area (Å²) in [5.41, 5.74) is 12.0. The zero-order valence-corrected chi connectivity index (χ0v) is 22.7. The lowest BCUT2D eigenvalue weighted by molar-refractivity contribution is 0.557. The Hall–Kier alpha value is -5.48. The van der Waals surface area contributed by atoms with Crippen LogP contribution in [0.1, 0.15) is 17.8 Å². The lowest BCUT2D eigenvalue weighted by atomic mass is 9.97. The molecule has 0 spiro atoms. The summed E-state index contributed by atoms with van der Waals surface area (Å²) in [6.45, 7) is 0. The van der Waals surface area contributed by atoms with Crippen molar-refractivity contribution in [2.24, 2.45) is 0 Å². The Morgan fingerprint density at radius 2 is 1.31 bits per heavy atom. The van der Waals surface area contributed by atoms with Crippen molar-refractivity contribution in [2.45, 2.75) is 12.2 Å². The van der Waals surface area contributed by atoms with Crippen LogP contribution in [-0.2, 0) is 0 Å². The van der Waals surface area contributed by atoms with Crippen molar-refractivity contribution in [3.63, 3.8) is 0 Å². The third-order valence-corrected chi connectivity index (χ3v) is 9.25. The number of hydrogen-bond acceptors (Lipinski definition) is 1. The molecule has 198 valence electrons. The van der Waals surface area contributed by atoms with Gasteiger partial charge >= 0.3 is 0 Å². The Kier molecular flexibility index (Phi) is 4.26. The Labute approximate surface area is 242 Å². The summed E-state index contributed by atoms with van der Waals surface area (Å²) in [5, 5.41) is 14.5. The van der Waals surface area contributed by atoms with Gasteiger partial charge in [-0.15, -0.1) is 5.69 Å². The second-order valence-corrected chi connectivity index (χ2v) is 11.4. The standard InChI is InChI=1S/C38H25N4/c1-3-10-23(11-4-1)24-18-19-29-30(22-24)40-38-36(39-29)28-16-9-15-27-35-33(42(38)37(27)28)21-20-32-34(35)26-14-7-8-17-31(26)41(32)25-12-5-2-6-13-25/h1-22,36,38,40H/q-1. The number of para-hydroxylation sites is 3. The number of nitrogens with zero attached hydrogens (tertiary/aromatic N) is 3. The molecule has 2 unspecified atom stereocenters. The lowest BCUT2D eigenvalue weighted by Gasteiger charge is -2.44. The molecule has 2 aromatic heterocycles. The predicted octanol–water partition coefficient (Wildman–Crippen LogP) is 10.2. The molecule has 0 aliphatic carbocycles. The third-order valence-electron chi connectivity index (χ3n) is 9.25. The molecule has 8 aromatic rings. The summed E-state index contributed by atoms with van der Waals surface area (Å²) >= 11 is 0. The number of rotatable bonds is 2. The monoisotopic (exact) mass is 537 g/mol. The maximum atomic E-state index is 5.33. The van der Waals surface area contributed by atoms with E-state index in [-0.39, 0.29) is 12.2 Å². The van der Waals surface area contributed by atoms with Gasteiger partial charge in [-0.1, -0.05) is 97.1 Å². The van der Waals surface area contributed by atoms with E-state index in [0.717, 1.165) is 11.4 Å². The minimum Gasteiger partial charge on any atom is -0.673 e. The van der Waals surface area contributed by atoms with Crippen molar-refractivity contribution in [1.82, 2.24) is 9.13 Å². The van der Waals surface area contributed by atoms with Crippen molar-refractivity contribution in [3.05, 3.63) is 144 Å². The average Bonchev–Trinajstić information content (AvgIpc) is 3.69. The molecule has 1 N–H and O–H groups in total. The summed E-state index contributed by atoms with van der Waals surface area (Å²) in [7, 11) is 0. The van der Waals surface area contributed by atoms with Crippen LogP contribution in [0, 0.1) is 0 Å². The highest BCUT2D eigenvalue weighted by Crippen LogP contribution is 2.57. The normalized spacial score (nSPS) is 17.0. The first-order chi connectivity index (χ1) is 20.8. The third kappa shape index (κ3) is 2.81. The van der Waals surface area contributed by atoms with E-state index in [4.69, 9.17) is 5.32 Å². The minimum atomic E-state index is 0.0147. The van der Waals surface area contributed by atoms with Gasteiger partial charge in [-0.3, -0.25) is 0 Å². The van der Waals surface area contributed by atoms with E-state index in [2.05, 4.69) is 148 Å². The van der Waals surface area contributed by atoms with Crippen molar-refractivity contribution in [2.75, 3.05) is 5.32 Å². The minimum absolute atomic E-state index is 0.0147. The summed E-state index contributed by atoms with van der Waals surface area (Å²) < 4.78 is 4.92. The first-order valence-corrected chi connectivity index (χ1v) is 14.6. The fourth-order valence-corrected chi connectivity index (χ4v) is 7.54. The van der Waals surface area contributed by atoms with Crippen molar-refractivity contribution >= 4 is 55.0 Å². The van der Waals surface area contributed by atoms with Gasteiger partial charge in [-0.25, -0.2) is 0 Å². The van der Waals surface area contributed by atoms with E-state index in [9.17, 15) is 0 Å². The highest BCUT2D eigenvalue weighted by molar-refractivity contribution is 6.29. The predicted molar refractivity (Wildman–Crippen MR) is 174 cm³/mol. The molecule has 0 bridgehead atoms.